The number of sulfonamides is 1. The maximum absolute atomic E-state index is 12.2. The Kier molecular flexibility index (Phi) is 22.4. The van der Waals surface area contributed by atoms with E-state index in [4.69, 9.17) is 22.5 Å². The van der Waals surface area contributed by atoms with Gasteiger partial charge in [0.15, 0.2) is 14.1 Å². The highest BCUT2D eigenvalue weighted by molar-refractivity contribution is 8.00. The van der Waals surface area contributed by atoms with Gasteiger partial charge in [-0.05, 0) is 78.9 Å². The van der Waals surface area contributed by atoms with Gasteiger partial charge in [-0.3, -0.25) is 0 Å². The standard InChI is InChI=1S/C12H9N3O2S2.C12H9N3S2.C7H5NS2.C6H6N2O2.C5H7N3O2S.C5H6N2O/c16-19(17,8-11-13-6-3-7-14-11)12-15-9-4-1-2-5-10(9)18-12;1-2-5-10-9(4-1)15-12(17-10)16-8-11-13-6-3-7-14-11;9-7-8-5-3-1-2-4-6(5)10-7;1-10-6(9)5-7-3-2-4-8-5;6-11(9,10)4-5-7-2-1-3-8-5;8-4-5-6-2-1-3-7-5/h1-7H,8H2;1-7H,8H2;1-4H,(H,8,9);2-4H,1H3;1-3H,4H2,(H2,6,9,10);1-3,8H,4H2. The van der Waals surface area contributed by atoms with Crippen molar-refractivity contribution in [2.45, 2.75) is 32.5 Å². The smallest absolute Gasteiger partial charge is 0.376 e. The average molecular weight is 1140 g/mol. The van der Waals surface area contributed by atoms with Crippen LogP contribution < -0.4 is 5.14 Å². The normalized spacial score (nSPS) is 10.7. The van der Waals surface area contributed by atoms with Crippen LogP contribution in [0.4, 0.5) is 0 Å². The highest BCUT2D eigenvalue weighted by Crippen LogP contribution is 2.31. The molecular weight excluding hydrogens is 1100 g/mol. The van der Waals surface area contributed by atoms with Crippen molar-refractivity contribution in [1.82, 2.24) is 64.8 Å². The molecule has 0 radical (unpaired) electrons. The molecule has 0 amide bonds. The number of esters is 1. The zero-order chi connectivity index (χ0) is 53.3. The van der Waals surface area contributed by atoms with E-state index in [1.165, 1.54) is 65.0 Å². The molecule has 0 unspecified atom stereocenters. The quantitative estimate of drug-likeness (QED) is 0.0665. The molecule has 0 saturated heterocycles. The molecule has 0 atom stereocenters. The number of benzene rings is 3. The Morgan fingerprint density at radius 3 is 1.52 bits per heavy atom. The summed E-state index contributed by atoms with van der Waals surface area (Å²) in [7, 11) is -5.70. The van der Waals surface area contributed by atoms with Gasteiger partial charge in [-0.15, -0.1) is 34.0 Å². The van der Waals surface area contributed by atoms with E-state index in [0.717, 1.165) is 35.6 Å². The number of fused-ring (bicyclic) bond motifs is 3. The number of carbonyl (C=O) groups excluding carboxylic acids is 1. The number of hydrogen-bond donors (Lipinski definition) is 3. The molecule has 0 aliphatic rings. The third-order valence-corrected chi connectivity index (χ3v) is 15.8. The molecule has 75 heavy (non-hydrogen) atoms. The molecule has 0 aliphatic heterocycles. The minimum atomic E-state index is -3.50. The minimum absolute atomic E-state index is 0.0825. The van der Waals surface area contributed by atoms with Crippen molar-refractivity contribution in [3.05, 3.63) is 198 Å². The zero-order valence-corrected chi connectivity index (χ0v) is 44.8. The van der Waals surface area contributed by atoms with Crippen LogP contribution >= 0.6 is 58.0 Å². The van der Waals surface area contributed by atoms with E-state index in [1.807, 2.05) is 60.7 Å². The number of aliphatic hydroxyl groups excluding tert-OH is 1. The van der Waals surface area contributed by atoms with E-state index >= 15 is 0 Å². The summed E-state index contributed by atoms with van der Waals surface area (Å²) in [6.45, 7) is -0.0825. The van der Waals surface area contributed by atoms with Gasteiger partial charge < -0.3 is 14.8 Å². The van der Waals surface area contributed by atoms with E-state index in [-0.39, 0.29) is 39.9 Å². The molecule has 4 N–H and O–H groups in total. The fourth-order valence-electron chi connectivity index (χ4n) is 5.45. The summed E-state index contributed by atoms with van der Waals surface area (Å²) in [6, 6.07) is 32.0. The van der Waals surface area contributed by atoms with Gasteiger partial charge in [0.25, 0.3) is 0 Å². The number of thioether (sulfide) groups is 1. The molecule has 0 aliphatic carbocycles. The Morgan fingerprint density at radius 2 is 1.04 bits per heavy atom. The van der Waals surface area contributed by atoms with Gasteiger partial charge in [0, 0.05) is 62.0 Å². The lowest BCUT2D eigenvalue weighted by Gasteiger charge is -1.98. The van der Waals surface area contributed by atoms with Crippen LogP contribution in [0.5, 0.6) is 0 Å². The molecule has 3 aromatic carbocycles. The number of aromatic nitrogens is 13. The van der Waals surface area contributed by atoms with Crippen LogP contribution in [0.3, 0.4) is 0 Å². The first-order chi connectivity index (χ1) is 36.3. The fourth-order valence-corrected chi connectivity index (χ4v) is 11.5. The van der Waals surface area contributed by atoms with Crippen LogP contribution in [0.15, 0.2) is 174 Å². The fraction of sp³-hybridized carbons (Fsp3) is 0.106. The second-order valence-electron chi connectivity index (χ2n) is 14.1. The monoisotopic (exact) mass is 1140 g/mol. The average Bonchev–Trinajstić information content (AvgIpc) is 4.19. The summed E-state index contributed by atoms with van der Waals surface area (Å²) < 4.78 is 55.2. The van der Waals surface area contributed by atoms with Gasteiger partial charge in [-0.1, -0.05) is 48.2 Å². The highest BCUT2D eigenvalue weighted by Gasteiger charge is 2.21. The lowest BCUT2D eigenvalue weighted by Crippen LogP contribution is -2.16. The maximum atomic E-state index is 12.2. The van der Waals surface area contributed by atoms with E-state index in [9.17, 15) is 21.6 Å². The number of methoxy groups -OCH3 is 1. The Hall–Kier alpha value is -7.41. The lowest BCUT2D eigenvalue weighted by molar-refractivity contribution is 0.0586. The molecule has 0 saturated carbocycles. The number of nitrogens with two attached hydrogens (primary N) is 1. The van der Waals surface area contributed by atoms with E-state index in [1.54, 1.807) is 89.6 Å². The van der Waals surface area contributed by atoms with E-state index in [0.29, 0.717) is 11.3 Å². The number of primary sulfonamides is 1. The summed E-state index contributed by atoms with van der Waals surface area (Å²) >= 11 is 11.2. The molecule has 0 fully saturated rings. The molecule has 21 nitrogen and oxygen atoms in total. The summed E-state index contributed by atoms with van der Waals surface area (Å²) in [6.07, 6.45) is 15.7. The first-order valence-corrected chi connectivity index (χ1v) is 28.6. The SMILES string of the molecule is COC(=O)c1ncccn1.NS(=O)(=O)Cc1ncccn1.O=S(=O)(Cc1ncccn1)c1nc2ccccc2s1.OCc1ncccn1.S=c1[nH]c2ccccc2s1.c1cnc(CSc2nc3ccccc3s2)nc1. The number of sulfone groups is 1. The van der Waals surface area contributed by atoms with Crippen molar-refractivity contribution in [1.29, 1.82) is 0 Å². The number of hydrogen-bond acceptors (Lipinski definition) is 24. The number of nitrogens with zero attached hydrogens (tertiary/aromatic N) is 12. The first kappa shape index (κ1) is 56.9. The summed E-state index contributed by atoms with van der Waals surface area (Å²) in [5.74, 6) is 1.61. The van der Waals surface area contributed by atoms with Crippen LogP contribution in [0, 0.1) is 3.95 Å². The summed E-state index contributed by atoms with van der Waals surface area (Å²) in [5, 5.41) is 13.2. The third kappa shape index (κ3) is 19.8. The molecular formula is C47H42N14O7S7. The largest absolute Gasteiger partial charge is 0.463 e. The van der Waals surface area contributed by atoms with Crippen LogP contribution in [-0.2, 0) is 48.5 Å². The third-order valence-electron chi connectivity index (χ3n) is 8.67. The molecule has 11 rings (SSSR count). The van der Waals surface area contributed by atoms with Gasteiger partial charge >= 0.3 is 5.97 Å². The Labute approximate surface area is 450 Å². The van der Waals surface area contributed by atoms with Crippen LogP contribution in [-0.4, -0.2) is 99.8 Å². The maximum Gasteiger partial charge on any atom is 0.376 e. The van der Waals surface area contributed by atoms with Gasteiger partial charge in [0.05, 0.1) is 43.5 Å². The molecule has 8 aromatic heterocycles. The topological polar surface area (TPSA) is 311 Å². The van der Waals surface area contributed by atoms with Crippen molar-refractivity contribution in [3.8, 4) is 0 Å². The van der Waals surface area contributed by atoms with Crippen molar-refractivity contribution in [2.24, 2.45) is 5.14 Å². The Balaban J connectivity index is 0.000000151. The number of thiazole rings is 3. The van der Waals surface area contributed by atoms with Gasteiger partial charge in [0.2, 0.25) is 30.0 Å². The van der Waals surface area contributed by atoms with Gasteiger partial charge in [0.1, 0.15) is 35.6 Å². The predicted octanol–water partition coefficient (Wildman–Crippen LogP) is 7.89. The second-order valence-corrected chi connectivity index (χ2v) is 22.9. The Bertz CT molecular complexity index is 3650. The number of aromatic amines is 1. The number of aliphatic hydroxyl groups is 1. The van der Waals surface area contributed by atoms with Crippen LogP contribution in [0.2, 0.25) is 0 Å². The van der Waals surface area contributed by atoms with Crippen molar-refractivity contribution >= 4 is 114 Å². The predicted molar refractivity (Wildman–Crippen MR) is 291 cm³/mol. The second kappa shape index (κ2) is 29.5. The summed E-state index contributed by atoms with van der Waals surface area (Å²) in [4.78, 5) is 60.9. The lowest BCUT2D eigenvalue weighted by atomic mass is 10.3. The van der Waals surface area contributed by atoms with Crippen LogP contribution in [0.25, 0.3) is 30.6 Å². The molecule has 0 bridgehead atoms. The molecule has 384 valence electrons. The van der Waals surface area contributed by atoms with Gasteiger partial charge in [-0.2, -0.15) is 0 Å². The Morgan fingerprint density at radius 1 is 0.587 bits per heavy atom. The highest BCUT2D eigenvalue weighted by atomic mass is 32.2. The van der Waals surface area contributed by atoms with Crippen LogP contribution in [0.1, 0.15) is 33.9 Å². The number of ether oxygens (including phenoxy) is 1. The van der Waals surface area contributed by atoms with Gasteiger partial charge in [-0.25, -0.2) is 86.6 Å². The van der Waals surface area contributed by atoms with E-state index in [2.05, 4.69) is 81.7 Å². The first-order valence-electron chi connectivity index (χ1n) is 21.4. The molecule has 8 heterocycles. The number of nitrogens with one attached hydrogen (secondary N) is 1. The number of para-hydroxylation sites is 3. The van der Waals surface area contributed by atoms with Crippen molar-refractivity contribution in [2.75, 3.05) is 7.11 Å². The molecule has 11 aromatic rings. The zero-order valence-electron chi connectivity index (χ0n) is 39.1. The number of rotatable bonds is 10. The molecule has 0 spiro atoms. The summed E-state index contributed by atoms with van der Waals surface area (Å²) in [5.41, 5.74) is 2.89. The van der Waals surface area contributed by atoms with E-state index < -0.39 is 25.8 Å². The number of carbonyl (C=O) groups is 1. The van der Waals surface area contributed by atoms with Crippen molar-refractivity contribution < 1.29 is 31.5 Å². The molecule has 28 heteroatoms. The number of H-pyrrole nitrogens is 1. The van der Waals surface area contributed by atoms with Crippen molar-refractivity contribution in [3.63, 3.8) is 0 Å². The minimum Gasteiger partial charge on any atom is -0.463 e.